The molecule has 0 atom stereocenters. The molecule has 6 nitrogen and oxygen atoms in total. The van der Waals surface area contributed by atoms with Gasteiger partial charge in [0.1, 0.15) is 21.3 Å². The number of carbonyl (C=O) groups excluding carboxylic acids is 1. The third-order valence-electron chi connectivity index (χ3n) is 5.87. The van der Waals surface area contributed by atoms with Crippen molar-refractivity contribution >= 4 is 45.9 Å². The van der Waals surface area contributed by atoms with Crippen molar-refractivity contribution in [2.45, 2.75) is 20.3 Å². The maximum atomic E-state index is 13.6. The van der Waals surface area contributed by atoms with E-state index in [2.05, 4.69) is 4.98 Å². The number of thioether (sulfide) groups is 1. The van der Waals surface area contributed by atoms with Crippen LogP contribution in [0.2, 0.25) is 0 Å². The highest BCUT2D eigenvalue weighted by atomic mass is 32.2. The molecule has 0 radical (unpaired) electrons. The molecule has 2 aromatic heterocycles. The molecule has 5 rings (SSSR count). The van der Waals surface area contributed by atoms with Crippen LogP contribution in [0.5, 0.6) is 11.6 Å². The first kappa shape index (κ1) is 24.0. The highest BCUT2D eigenvalue weighted by Crippen LogP contribution is 2.34. The molecule has 1 aliphatic rings. The summed E-state index contributed by atoms with van der Waals surface area (Å²) in [6.45, 7) is 4.31. The van der Waals surface area contributed by atoms with Crippen LogP contribution in [-0.2, 0) is 11.2 Å². The third-order valence-corrected chi connectivity index (χ3v) is 7.25. The zero-order chi connectivity index (χ0) is 25.2. The van der Waals surface area contributed by atoms with Crippen LogP contribution in [0.1, 0.15) is 22.3 Å². The average Bonchev–Trinajstić information content (AvgIpc) is 3.13. The number of aromatic nitrogens is 2. The predicted octanol–water partition coefficient (Wildman–Crippen LogP) is 5.55. The summed E-state index contributed by atoms with van der Waals surface area (Å²) in [5.74, 6) is 0.482. The lowest BCUT2D eigenvalue weighted by Gasteiger charge is -2.14. The number of thiocarbonyl (C=S) groups is 1. The number of pyridine rings is 1. The molecular weight excluding hydrogens is 490 g/mol. The van der Waals surface area contributed by atoms with E-state index in [1.165, 1.54) is 16.2 Å². The van der Waals surface area contributed by atoms with Gasteiger partial charge in [-0.3, -0.25) is 18.9 Å². The Balaban J connectivity index is 1.54. The summed E-state index contributed by atoms with van der Waals surface area (Å²) in [5.41, 5.74) is 3.35. The molecule has 36 heavy (non-hydrogen) atoms. The molecule has 1 fully saturated rings. The van der Waals surface area contributed by atoms with Gasteiger partial charge in [0.15, 0.2) is 0 Å². The van der Waals surface area contributed by atoms with Crippen molar-refractivity contribution in [3.63, 3.8) is 0 Å². The molecule has 1 aliphatic heterocycles. The van der Waals surface area contributed by atoms with Crippen molar-refractivity contribution in [3.05, 3.63) is 110 Å². The van der Waals surface area contributed by atoms with Gasteiger partial charge in [0.05, 0.1) is 4.91 Å². The SMILES string of the molecule is Cc1cccc(Oc2nc3c(C)cccn3c(=O)c2/C=C2/SC(=S)N(CCc3ccccc3)C2=O)c1. The number of nitrogens with zero attached hydrogens (tertiary/aromatic N) is 3. The molecule has 3 heterocycles. The number of ether oxygens (including phenoxy) is 1. The summed E-state index contributed by atoms with van der Waals surface area (Å²) < 4.78 is 8.04. The van der Waals surface area contributed by atoms with Gasteiger partial charge in [-0.1, -0.05) is 72.5 Å². The zero-order valence-corrected chi connectivity index (χ0v) is 21.4. The summed E-state index contributed by atoms with van der Waals surface area (Å²) in [4.78, 5) is 33.4. The summed E-state index contributed by atoms with van der Waals surface area (Å²) in [7, 11) is 0. The lowest BCUT2D eigenvalue weighted by molar-refractivity contribution is -0.122. The van der Waals surface area contributed by atoms with E-state index in [-0.39, 0.29) is 22.9 Å². The Hall–Kier alpha value is -3.75. The lowest BCUT2D eigenvalue weighted by atomic mass is 10.1. The number of amides is 1. The van der Waals surface area contributed by atoms with Gasteiger partial charge in [0.2, 0.25) is 5.88 Å². The first-order valence-corrected chi connectivity index (χ1v) is 12.7. The molecule has 1 amide bonds. The number of benzene rings is 2. The highest BCUT2D eigenvalue weighted by Gasteiger charge is 2.32. The average molecular weight is 514 g/mol. The third kappa shape index (κ3) is 4.82. The standard InChI is InChI=1S/C28H23N3O3S2/c1-18-8-6-12-21(16-18)34-25-22(26(32)30-14-7-9-19(2)24(30)29-25)17-23-27(33)31(28(35)36-23)15-13-20-10-4-3-5-11-20/h3-12,14,16-17H,13,15H2,1-2H3/b23-17+. The molecule has 0 aliphatic carbocycles. The first-order chi connectivity index (χ1) is 17.4. The van der Waals surface area contributed by atoms with E-state index in [1.54, 1.807) is 29.3 Å². The molecule has 2 aromatic carbocycles. The van der Waals surface area contributed by atoms with Gasteiger partial charge in [-0.05, 0) is 61.2 Å². The van der Waals surface area contributed by atoms with Crippen molar-refractivity contribution in [2.24, 2.45) is 0 Å². The number of aryl methyl sites for hydroxylation is 2. The monoisotopic (exact) mass is 513 g/mol. The van der Waals surface area contributed by atoms with E-state index in [0.717, 1.165) is 16.7 Å². The maximum Gasteiger partial charge on any atom is 0.269 e. The van der Waals surface area contributed by atoms with Crippen LogP contribution in [-0.4, -0.2) is 31.1 Å². The smallest absolute Gasteiger partial charge is 0.269 e. The van der Waals surface area contributed by atoms with E-state index < -0.39 is 0 Å². The van der Waals surface area contributed by atoms with Gasteiger partial charge >= 0.3 is 0 Å². The molecule has 0 unspecified atom stereocenters. The molecule has 0 bridgehead atoms. The fourth-order valence-corrected chi connectivity index (χ4v) is 5.28. The van der Waals surface area contributed by atoms with Gasteiger partial charge in [0, 0.05) is 12.7 Å². The second kappa shape index (κ2) is 10.1. The second-order valence-corrected chi connectivity index (χ2v) is 10.2. The molecule has 4 aromatic rings. The van der Waals surface area contributed by atoms with E-state index in [1.807, 2.05) is 68.4 Å². The van der Waals surface area contributed by atoms with Crippen molar-refractivity contribution in [2.75, 3.05) is 6.54 Å². The number of fused-ring (bicyclic) bond motifs is 1. The minimum absolute atomic E-state index is 0.148. The van der Waals surface area contributed by atoms with Crippen LogP contribution < -0.4 is 10.3 Å². The second-order valence-electron chi connectivity index (χ2n) is 8.51. The summed E-state index contributed by atoms with van der Waals surface area (Å²) in [5, 5.41) is 0. The molecule has 0 N–H and O–H groups in total. The van der Waals surface area contributed by atoms with Crippen LogP contribution in [0.25, 0.3) is 11.7 Å². The maximum absolute atomic E-state index is 13.6. The van der Waals surface area contributed by atoms with Gasteiger partial charge in [-0.2, -0.15) is 4.98 Å². The number of carbonyl (C=O) groups is 1. The molecular formula is C28H23N3O3S2. The molecule has 0 saturated carbocycles. The van der Waals surface area contributed by atoms with Gasteiger partial charge < -0.3 is 4.74 Å². The number of hydrogen-bond donors (Lipinski definition) is 0. The normalized spacial score (nSPS) is 14.7. The summed E-state index contributed by atoms with van der Waals surface area (Å²) in [6.07, 6.45) is 3.90. The first-order valence-electron chi connectivity index (χ1n) is 11.5. The summed E-state index contributed by atoms with van der Waals surface area (Å²) in [6, 6.07) is 21.1. The zero-order valence-electron chi connectivity index (χ0n) is 19.8. The Morgan fingerprint density at radius 3 is 2.61 bits per heavy atom. The van der Waals surface area contributed by atoms with E-state index in [4.69, 9.17) is 17.0 Å². The predicted molar refractivity (Wildman–Crippen MR) is 147 cm³/mol. The fourth-order valence-electron chi connectivity index (χ4n) is 3.99. The van der Waals surface area contributed by atoms with E-state index in [9.17, 15) is 9.59 Å². The largest absolute Gasteiger partial charge is 0.438 e. The van der Waals surface area contributed by atoms with E-state index in [0.29, 0.717) is 33.6 Å². The van der Waals surface area contributed by atoms with Crippen LogP contribution in [0, 0.1) is 13.8 Å². The molecule has 0 spiro atoms. The Morgan fingerprint density at radius 2 is 1.83 bits per heavy atom. The Bertz CT molecular complexity index is 1580. The van der Waals surface area contributed by atoms with Crippen molar-refractivity contribution in [1.82, 2.24) is 14.3 Å². The number of rotatable bonds is 6. The van der Waals surface area contributed by atoms with Crippen LogP contribution in [0.3, 0.4) is 0 Å². The van der Waals surface area contributed by atoms with Crippen molar-refractivity contribution in [3.8, 4) is 11.6 Å². The van der Waals surface area contributed by atoms with Gasteiger partial charge in [-0.25, -0.2) is 0 Å². The van der Waals surface area contributed by atoms with Crippen LogP contribution in [0.15, 0.2) is 82.6 Å². The topological polar surface area (TPSA) is 63.9 Å². The van der Waals surface area contributed by atoms with Crippen LogP contribution >= 0.6 is 24.0 Å². The molecule has 8 heteroatoms. The van der Waals surface area contributed by atoms with Crippen molar-refractivity contribution < 1.29 is 9.53 Å². The van der Waals surface area contributed by atoms with Crippen molar-refractivity contribution in [1.29, 1.82) is 0 Å². The Labute approximate surface area is 218 Å². The Morgan fingerprint density at radius 1 is 1.03 bits per heavy atom. The Kier molecular flexibility index (Phi) is 6.71. The highest BCUT2D eigenvalue weighted by molar-refractivity contribution is 8.26. The fraction of sp³-hybridized carbons (Fsp3) is 0.143. The summed E-state index contributed by atoms with van der Waals surface area (Å²) >= 11 is 6.69. The van der Waals surface area contributed by atoms with Gasteiger partial charge in [0.25, 0.3) is 11.5 Å². The quantitative estimate of drug-likeness (QED) is 0.249. The molecule has 1 saturated heterocycles. The minimum Gasteiger partial charge on any atom is -0.438 e. The number of hydrogen-bond acceptors (Lipinski definition) is 6. The van der Waals surface area contributed by atoms with Gasteiger partial charge in [-0.15, -0.1) is 0 Å². The van der Waals surface area contributed by atoms with E-state index >= 15 is 0 Å². The molecule has 180 valence electrons. The minimum atomic E-state index is -0.319. The van der Waals surface area contributed by atoms with Crippen LogP contribution in [0.4, 0.5) is 0 Å². The lowest BCUT2D eigenvalue weighted by Crippen LogP contribution is -2.30.